The Labute approximate surface area is 164 Å². The van der Waals surface area contributed by atoms with Crippen LogP contribution in [0.3, 0.4) is 0 Å². The summed E-state index contributed by atoms with van der Waals surface area (Å²) >= 11 is 0. The molecule has 0 amide bonds. The first-order valence-electron chi connectivity index (χ1n) is 12.0. The lowest BCUT2D eigenvalue weighted by molar-refractivity contribution is -0.305. The van der Waals surface area contributed by atoms with Gasteiger partial charge in [-0.05, 0) is 12.8 Å². The highest BCUT2D eigenvalue weighted by atomic mass is 16.4. The van der Waals surface area contributed by atoms with Crippen molar-refractivity contribution in [2.24, 2.45) is 0 Å². The standard InChI is InChI=1S/C24H48O2/c1-2-3-4-5-6-7-8-9-10-11-12-13-14-15-16-17-18-19-20-21-22-23-24(25)26/h2-23H2,1H3,(H,25,26)/p-1. The lowest BCUT2D eigenvalue weighted by atomic mass is 10.0. The van der Waals surface area contributed by atoms with E-state index in [2.05, 4.69) is 6.92 Å². The highest BCUT2D eigenvalue weighted by Gasteiger charge is 1.95. The maximum absolute atomic E-state index is 10.3. The fourth-order valence-corrected chi connectivity index (χ4v) is 3.70. The number of hydrogen-bond donors (Lipinski definition) is 0. The van der Waals surface area contributed by atoms with Crippen molar-refractivity contribution in [3.63, 3.8) is 0 Å². The second kappa shape index (κ2) is 22.5. The Morgan fingerprint density at radius 3 is 0.923 bits per heavy atom. The normalized spacial score (nSPS) is 11.1. The predicted molar refractivity (Wildman–Crippen MR) is 112 cm³/mol. The second-order valence-electron chi connectivity index (χ2n) is 8.19. The number of aliphatic carboxylic acids is 1. The van der Waals surface area contributed by atoms with Gasteiger partial charge in [-0.3, -0.25) is 0 Å². The van der Waals surface area contributed by atoms with Crippen LogP contribution in [0.2, 0.25) is 0 Å². The molecule has 0 saturated carbocycles. The molecule has 0 aliphatic heterocycles. The molecule has 0 aliphatic carbocycles. The second-order valence-corrected chi connectivity index (χ2v) is 8.19. The van der Waals surface area contributed by atoms with E-state index in [1.165, 1.54) is 122 Å². The minimum atomic E-state index is -0.900. The molecule has 0 spiro atoms. The van der Waals surface area contributed by atoms with Gasteiger partial charge in [-0.1, -0.05) is 135 Å². The Morgan fingerprint density at radius 2 is 0.692 bits per heavy atom. The van der Waals surface area contributed by atoms with Crippen LogP contribution >= 0.6 is 0 Å². The zero-order valence-corrected chi connectivity index (χ0v) is 17.9. The smallest absolute Gasteiger partial charge is 0.0414 e. The molecule has 2 nitrogen and oxygen atoms in total. The maximum Gasteiger partial charge on any atom is 0.0414 e. The molecular weight excluding hydrogens is 320 g/mol. The van der Waals surface area contributed by atoms with E-state index in [1.54, 1.807) is 0 Å². The fraction of sp³-hybridized carbons (Fsp3) is 0.958. The molecular formula is C24H47O2-. The largest absolute Gasteiger partial charge is 0.550 e. The van der Waals surface area contributed by atoms with Gasteiger partial charge in [0.05, 0.1) is 0 Å². The number of rotatable bonds is 22. The third kappa shape index (κ3) is 23.5. The van der Waals surface area contributed by atoms with Crippen LogP contribution < -0.4 is 5.11 Å². The number of carboxylic acids is 1. The van der Waals surface area contributed by atoms with Crippen LogP contribution in [0.5, 0.6) is 0 Å². The van der Waals surface area contributed by atoms with Crippen molar-refractivity contribution in [2.45, 2.75) is 148 Å². The van der Waals surface area contributed by atoms with E-state index in [9.17, 15) is 9.90 Å². The predicted octanol–water partition coefficient (Wildman–Crippen LogP) is 7.34. The summed E-state index contributed by atoms with van der Waals surface area (Å²) in [6.45, 7) is 2.29. The van der Waals surface area contributed by atoms with Gasteiger partial charge in [0, 0.05) is 5.97 Å². The van der Waals surface area contributed by atoms with Crippen molar-refractivity contribution in [2.75, 3.05) is 0 Å². The van der Waals surface area contributed by atoms with Gasteiger partial charge in [-0.15, -0.1) is 0 Å². The van der Waals surface area contributed by atoms with Gasteiger partial charge in [0.1, 0.15) is 0 Å². The SMILES string of the molecule is CCCCCCCCCCCCCCCCCCCCCCCC(=O)[O-]. The molecule has 0 aromatic heterocycles. The fourth-order valence-electron chi connectivity index (χ4n) is 3.70. The lowest BCUT2D eigenvalue weighted by Crippen LogP contribution is -2.21. The van der Waals surface area contributed by atoms with Gasteiger partial charge in [-0.25, -0.2) is 0 Å². The summed E-state index contributed by atoms with van der Waals surface area (Å²) in [5.74, 6) is -0.900. The highest BCUT2D eigenvalue weighted by molar-refractivity contribution is 5.63. The number of carbonyl (C=O) groups excluding carboxylic acids is 1. The summed E-state index contributed by atoms with van der Waals surface area (Å²) in [4.78, 5) is 10.3. The third-order valence-electron chi connectivity index (χ3n) is 5.48. The molecule has 0 aliphatic rings. The van der Waals surface area contributed by atoms with Gasteiger partial charge in [-0.2, -0.15) is 0 Å². The number of carboxylic acid groups (broad SMARTS) is 1. The van der Waals surface area contributed by atoms with Gasteiger partial charge >= 0.3 is 0 Å². The topological polar surface area (TPSA) is 40.1 Å². The van der Waals surface area contributed by atoms with Crippen LogP contribution in [0.25, 0.3) is 0 Å². The van der Waals surface area contributed by atoms with E-state index in [1.807, 2.05) is 0 Å². The highest BCUT2D eigenvalue weighted by Crippen LogP contribution is 2.15. The Bertz CT molecular complexity index is 275. The van der Waals surface area contributed by atoms with Gasteiger partial charge in [0.2, 0.25) is 0 Å². The van der Waals surface area contributed by atoms with E-state index in [-0.39, 0.29) is 6.42 Å². The van der Waals surface area contributed by atoms with Crippen LogP contribution in [-0.2, 0) is 4.79 Å². The van der Waals surface area contributed by atoms with Crippen LogP contribution in [-0.4, -0.2) is 5.97 Å². The van der Waals surface area contributed by atoms with Crippen molar-refractivity contribution in [3.8, 4) is 0 Å². The molecule has 0 saturated heterocycles. The monoisotopic (exact) mass is 367 g/mol. The molecule has 0 bridgehead atoms. The molecule has 0 aromatic carbocycles. The third-order valence-corrected chi connectivity index (χ3v) is 5.48. The molecule has 0 fully saturated rings. The zero-order chi connectivity index (χ0) is 19.1. The van der Waals surface area contributed by atoms with E-state index >= 15 is 0 Å². The van der Waals surface area contributed by atoms with Crippen molar-refractivity contribution in [1.29, 1.82) is 0 Å². The quantitative estimate of drug-likeness (QED) is 0.188. The van der Waals surface area contributed by atoms with E-state index < -0.39 is 5.97 Å². The van der Waals surface area contributed by atoms with Crippen molar-refractivity contribution >= 4 is 5.97 Å². The van der Waals surface area contributed by atoms with Gasteiger partial charge in [0.25, 0.3) is 0 Å². The minimum Gasteiger partial charge on any atom is -0.550 e. The maximum atomic E-state index is 10.3. The lowest BCUT2D eigenvalue weighted by Gasteiger charge is -2.04. The van der Waals surface area contributed by atoms with E-state index in [0.29, 0.717) is 0 Å². The van der Waals surface area contributed by atoms with Crippen molar-refractivity contribution in [3.05, 3.63) is 0 Å². The molecule has 0 atom stereocenters. The molecule has 0 unspecified atom stereocenters. The number of unbranched alkanes of at least 4 members (excludes halogenated alkanes) is 20. The van der Waals surface area contributed by atoms with Crippen LogP contribution in [0.4, 0.5) is 0 Å². The summed E-state index contributed by atoms with van der Waals surface area (Å²) < 4.78 is 0. The molecule has 0 rings (SSSR count). The van der Waals surface area contributed by atoms with Crippen LogP contribution in [0.15, 0.2) is 0 Å². The molecule has 0 heterocycles. The summed E-state index contributed by atoms with van der Waals surface area (Å²) in [6, 6.07) is 0. The Hall–Kier alpha value is -0.530. The molecule has 26 heavy (non-hydrogen) atoms. The number of carbonyl (C=O) groups is 1. The van der Waals surface area contributed by atoms with Crippen molar-refractivity contribution < 1.29 is 9.90 Å². The Morgan fingerprint density at radius 1 is 0.462 bits per heavy atom. The molecule has 0 radical (unpaired) electrons. The summed E-state index contributed by atoms with van der Waals surface area (Å²) in [5.41, 5.74) is 0. The van der Waals surface area contributed by atoms with E-state index in [0.717, 1.165) is 12.8 Å². The molecule has 0 aromatic rings. The van der Waals surface area contributed by atoms with Crippen LogP contribution in [0.1, 0.15) is 148 Å². The minimum absolute atomic E-state index is 0.235. The molecule has 2 heteroatoms. The summed E-state index contributed by atoms with van der Waals surface area (Å²) in [7, 11) is 0. The summed E-state index contributed by atoms with van der Waals surface area (Å²) in [6.07, 6.45) is 28.7. The Balaban J connectivity index is 2.98. The van der Waals surface area contributed by atoms with Crippen molar-refractivity contribution in [1.82, 2.24) is 0 Å². The van der Waals surface area contributed by atoms with E-state index in [4.69, 9.17) is 0 Å². The van der Waals surface area contributed by atoms with Crippen LogP contribution in [0, 0.1) is 0 Å². The average molecular weight is 368 g/mol. The van der Waals surface area contributed by atoms with Gasteiger partial charge < -0.3 is 9.90 Å². The first-order chi connectivity index (χ1) is 12.8. The average Bonchev–Trinajstić information content (AvgIpc) is 2.62. The zero-order valence-electron chi connectivity index (χ0n) is 17.9. The number of hydrogen-bond acceptors (Lipinski definition) is 2. The summed E-state index contributed by atoms with van der Waals surface area (Å²) in [5, 5.41) is 10.3. The first kappa shape index (κ1) is 25.5. The Kier molecular flexibility index (Phi) is 22.1. The molecule has 0 N–H and O–H groups in total. The first-order valence-corrected chi connectivity index (χ1v) is 12.0. The molecule has 156 valence electrons. The van der Waals surface area contributed by atoms with Gasteiger partial charge in [0.15, 0.2) is 0 Å².